The van der Waals surface area contributed by atoms with E-state index in [1.54, 1.807) is 17.4 Å². The summed E-state index contributed by atoms with van der Waals surface area (Å²) in [6.07, 6.45) is 0. The van der Waals surface area contributed by atoms with E-state index in [2.05, 4.69) is 10.6 Å². The first-order valence-corrected chi connectivity index (χ1v) is 9.69. The topological polar surface area (TPSA) is 74.8 Å². The van der Waals surface area contributed by atoms with Crippen LogP contribution < -0.4 is 16.0 Å². The maximum atomic E-state index is 13.6. The standard InChI is InChI=1S/C21H20FN3O2S/c1-14-8-10-15(11-9-14)20(18-7-4-12-28-18)23-13-19(26)25-21(27)24-17-6-3-2-5-16(17)22/h2-12,20,23H,13H2,1H3,(H2,24,25,26,27)/p+1/t20-/m1/s1. The van der Waals surface area contributed by atoms with Gasteiger partial charge in [-0.15, -0.1) is 11.3 Å². The van der Waals surface area contributed by atoms with Gasteiger partial charge in [-0.3, -0.25) is 10.1 Å². The van der Waals surface area contributed by atoms with Crippen molar-refractivity contribution in [1.82, 2.24) is 5.32 Å². The molecule has 1 aromatic heterocycles. The highest BCUT2D eigenvalue weighted by Gasteiger charge is 2.21. The average molecular weight is 398 g/mol. The minimum atomic E-state index is -0.758. The number of rotatable bonds is 6. The van der Waals surface area contributed by atoms with E-state index >= 15 is 0 Å². The Morgan fingerprint density at radius 1 is 1.07 bits per heavy atom. The summed E-state index contributed by atoms with van der Waals surface area (Å²) in [5.41, 5.74) is 2.26. The van der Waals surface area contributed by atoms with Gasteiger partial charge >= 0.3 is 6.03 Å². The predicted molar refractivity (Wildman–Crippen MR) is 108 cm³/mol. The van der Waals surface area contributed by atoms with Crippen LogP contribution in [0.5, 0.6) is 0 Å². The molecule has 1 heterocycles. The number of halogens is 1. The van der Waals surface area contributed by atoms with Crippen molar-refractivity contribution in [3.05, 3.63) is 87.9 Å². The van der Waals surface area contributed by atoms with E-state index in [1.165, 1.54) is 18.2 Å². The largest absolute Gasteiger partial charge is 0.328 e. The number of quaternary nitrogens is 1. The molecule has 7 heteroatoms. The molecule has 0 unspecified atom stereocenters. The smallest absolute Gasteiger partial charge is 0.326 e. The molecule has 0 saturated heterocycles. The van der Waals surface area contributed by atoms with E-state index in [0.717, 1.165) is 16.0 Å². The Hall–Kier alpha value is -3.03. The Kier molecular flexibility index (Phi) is 6.52. The summed E-state index contributed by atoms with van der Waals surface area (Å²) < 4.78 is 13.6. The van der Waals surface area contributed by atoms with Crippen LogP contribution in [-0.2, 0) is 4.79 Å². The van der Waals surface area contributed by atoms with Gasteiger partial charge in [-0.05, 0) is 30.5 Å². The second kappa shape index (κ2) is 9.25. The molecule has 0 fully saturated rings. The van der Waals surface area contributed by atoms with Crippen LogP contribution in [0.2, 0.25) is 0 Å². The fourth-order valence-corrected chi connectivity index (χ4v) is 3.63. The Morgan fingerprint density at radius 3 is 2.50 bits per heavy atom. The van der Waals surface area contributed by atoms with Crippen molar-refractivity contribution >= 4 is 29.0 Å². The first-order valence-electron chi connectivity index (χ1n) is 8.81. The summed E-state index contributed by atoms with van der Waals surface area (Å²) >= 11 is 1.62. The Bertz CT molecular complexity index is 943. The highest BCUT2D eigenvalue weighted by molar-refractivity contribution is 7.10. The van der Waals surface area contributed by atoms with E-state index in [4.69, 9.17) is 0 Å². The molecule has 0 aliphatic rings. The van der Waals surface area contributed by atoms with Crippen molar-refractivity contribution in [1.29, 1.82) is 0 Å². The maximum Gasteiger partial charge on any atom is 0.326 e. The molecule has 5 nitrogen and oxygen atoms in total. The number of hydrogen-bond acceptors (Lipinski definition) is 3. The lowest BCUT2D eigenvalue weighted by atomic mass is 10.0. The molecule has 144 valence electrons. The van der Waals surface area contributed by atoms with Crippen molar-refractivity contribution in [2.24, 2.45) is 0 Å². The molecule has 3 aromatic rings. The van der Waals surface area contributed by atoms with Gasteiger partial charge in [0.1, 0.15) is 11.9 Å². The predicted octanol–water partition coefficient (Wildman–Crippen LogP) is 3.20. The van der Waals surface area contributed by atoms with E-state index in [1.807, 2.05) is 54.0 Å². The molecule has 0 radical (unpaired) electrons. The van der Waals surface area contributed by atoms with Gasteiger partial charge < -0.3 is 10.6 Å². The lowest BCUT2D eigenvalue weighted by Crippen LogP contribution is -2.87. The molecule has 0 spiro atoms. The molecule has 1 atom stereocenters. The maximum absolute atomic E-state index is 13.6. The molecule has 2 aromatic carbocycles. The molecule has 28 heavy (non-hydrogen) atoms. The first kappa shape index (κ1) is 19.7. The first-order chi connectivity index (χ1) is 13.5. The van der Waals surface area contributed by atoms with Gasteiger partial charge in [0.05, 0.1) is 10.6 Å². The zero-order valence-electron chi connectivity index (χ0n) is 15.3. The van der Waals surface area contributed by atoms with Gasteiger partial charge in [0.2, 0.25) is 0 Å². The third-order valence-electron chi connectivity index (χ3n) is 4.20. The highest BCUT2D eigenvalue weighted by Crippen LogP contribution is 2.22. The summed E-state index contributed by atoms with van der Waals surface area (Å²) in [6.45, 7) is 2.08. The number of aryl methyl sites for hydroxylation is 1. The van der Waals surface area contributed by atoms with Crippen LogP contribution in [0.4, 0.5) is 14.9 Å². The van der Waals surface area contributed by atoms with Gasteiger partial charge in [-0.2, -0.15) is 0 Å². The Morgan fingerprint density at radius 2 is 1.82 bits per heavy atom. The minimum absolute atomic E-state index is 0.0212. The molecular formula is C21H21FN3O2S+. The molecule has 0 aliphatic heterocycles. The molecule has 0 bridgehead atoms. The summed E-state index contributed by atoms with van der Waals surface area (Å²) in [5, 5.41) is 8.44. The van der Waals surface area contributed by atoms with Crippen LogP contribution in [0, 0.1) is 12.7 Å². The van der Waals surface area contributed by atoms with E-state index in [9.17, 15) is 14.0 Å². The van der Waals surface area contributed by atoms with Crippen LogP contribution in [0.15, 0.2) is 66.0 Å². The van der Waals surface area contributed by atoms with E-state index < -0.39 is 17.8 Å². The third-order valence-corrected chi connectivity index (χ3v) is 5.16. The van der Waals surface area contributed by atoms with Gasteiger partial charge in [-0.25, -0.2) is 9.18 Å². The number of anilines is 1. The van der Waals surface area contributed by atoms with Gasteiger partial charge in [-0.1, -0.05) is 48.0 Å². The summed E-state index contributed by atoms with van der Waals surface area (Å²) in [4.78, 5) is 25.2. The zero-order chi connectivity index (χ0) is 19.9. The van der Waals surface area contributed by atoms with Crippen molar-refractivity contribution < 1.29 is 19.3 Å². The number of hydrogen-bond donors (Lipinski definition) is 3. The molecule has 4 N–H and O–H groups in total. The van der Waals surface area contributed by atoms with E-state index in [0.29, 0.717) is 0 Å². The van der Waals surface area contributed by atoms with E-state index in [-0.39, 0.29) is 18.3 Å². The summed E-state index contributed by atoms with van der Waals surface area (Å²) in [5.74, 6) is -1.02. The number of nitrogens with two attached hydrogens (primary N) is 1. The molecular weight excluding hydrogens is 377 g/mol. The minimum Gasteiger partial charge on any atom is -0.328 e. The van der Waals surface area contributed by atoms with Crippen molar-refractivity contribution in [2.75, 3.05) is 11.9 Å². The highest BCUT2D eigenvalue weighted by atomic mass is 32.1. The fraction of sp³-hybridized carbons (Fsp3) is 0.143. The Balaban J connectivity index is 1.60. The second-order valence-electron chi connectivity index (χ2n) is 6.33. The third kappa shape index (κ3) is 5.25. The second-order valence-corrected chi connectivity index (χ2v) is 7.31. The van der Waals surface area contributed by atoms with Gasteiger partial charge in [0, 0.05) is 5.56 Å². The summed E-state index contributed by atoms with van der Waals surface area (Å²) in [6, 6.07) is 17.1. The van der Waals surface area contributed by atoms with Crippen LogP contribution in [0.25, 0.3) is 0 Å². The number of imide groups is 1. The van der Waals surface area contributed by atoms with Crippen LogP contribution in [0.1, 0.15) is 22.0 Å². The van der Waals surface area contributed by atoms with Crippen molar-refractivity contribution in [3.8, 4) is 0 Å². The lowest BCUT2D eigenvalue weighted by molar-refractivity contribution is -0.676. The SMILES string of the molecule is Cc1ccc([C@@H]([NH2+]CC(=O)NC(=O)Nc2ccccc2F)c2cccs2)cc1. The van der Waals surface area contributed by atoms with Crippen molar-refractivity contribution in [2.45, 2.75) is 13.0 Å². The normalized spacial score (nSPS) is 11.6. The monoisotopic (exact) mass is 398 g/mol. The lowest BCUT2D eigenvalue weighted by Gasteiger charge is -2.15. The molecule has 0 aliphatic carbocycles. The number of thiophene rings is 1. The van der Waals surface area contributed by atoms with Crippen LogP contribution in [-0.4, -0.2) is 18.5 Å². The molecule has 3 amide bonds. The number of carbonyl (C=O) groups excluding carboxylic acids is 2. The quantitative estimate of drug-likeness (QED) is 0.597. The average Bonchev–Trinajstić information content (AvgIpc) is 3.19. The summed E-state index contributed by atoms with van der Waals surface area (Å²) in [7, 11) is 0. The number of amides is 3. The Labute approximate surface area is 166 Å². The zero-order valence-corrected chi connectivity index (χ0v) is 16.1. The fourth-order valence-electron chi connectivity index (χ4n) is 2.78. The van der Waals surface area contributed by atoms with Gasteiger partial charge in [0.15, 0.2) is 6.54 Å². The number of para-hydroxylation sites is 1. The number of carbonyl (C=O) groups is 2. The number of nitrogens with one attached hydrogen (secondary N) is 2. The molecule has 3 rings (SSSR count). The van der Waals surface area contributed by atoms with Crippen molar-refractivity contribution in [3.63, 3.8) is 0 Å². The number of urea groups is 1. The van der Waals surface area contributed by atoms with Crippen LogP contribution >= 0.6 is 11.3 Å². The number of benzene rings is 2. The molecule has 0 saturated carbocycles. The van der Waals surface area contributed by atoms with Gasteiger partial charge in [0.25, 0.3) is 5.91 Å². The van der Waals surface area contributed by atoms with Crippen LogP contribution in [0.3, 0.4) is 0 Å².